The number of fused-ring (bicyclic) bond motifs is 1. The normalized spacial score (nSPS) is 10.1. The topological polar surface area (TPSA) is 16.1 Å². The van der Waals surface area contributed by atoms with Gasteiger partial charge < -0.3 is 0 Å². The molecule has 1 aromatic heterocycles. The summed E-state index contributed by atoms with van der Waals surface area (Å²) in [5.41, 5.74) is 1.04. The second kappa shape index (κ2) is 4.51. The first-order valence-electron chi connectivity index (χ1n) is 4.40. The number of aromatic nitrogens is 1. The number of rotatable bonds is 4. The molecule has 4 heteroatoms. The molecule has 0 atom stereocenters. The standard InChI is InChI=1S/C11H10N2S2/c1-3-13(4-2)15-11-12-9-7-5-6-8-10(9)14-11/h3-8H,1-2H2. The van der Waals surface area contributed by atoms with Gasteiger partial charge in [0.25, 0.3) is 0 Å². The monoisotopic (exact) mass is 234 g/mol. The molecular weight excluding hydrogens is 224 g/mol. The van der Waals surface area contributed by atoms with Crippen LogP contribution in [0.3, 0.4) is 0 Å². The first kappa shape index (κ1) is 10.3. The van der Waals surface area contributed by atoms with Crippen molar-refractivity contribution >= 4 is 33.5 Å². The summed E-state index contributed by atoms with van der Waals surface area (Å²) in [4.78, 5) is 4.49. The number of benzene rings is 1. The molecule has 0 amide bonds. The summed E-state index contributed by atoms with van der Waals surface area (Å²) in [5.74, 6) is 0. The molecule has 0 aliphatic rings. The van der Waals surface area contributed by atoms with Crippen LogP contribution < -0.4 is 0 Å². The van der Waals surface area contributed by atoms with E-state index < -0.39 is 0 Å². The summed E-state index contributed by atoms with van der Waals surface area (Å²) >= 11 is 3.19. The SMILES string of the molecule is C=CN(C=C)Sc1nc2ccccc2s1. The zero-order valence-electron chi connectivity index (χ0n) is 8.09. The lowest BCUT2D eigenvalue weighted by Crippen LogP contribution is -1.94. The Morgan fingerprint density at radius 2 is 2.00 bits per heavy atom. The maximum atomic E-state index is 4.49. The fraction of sp³-hybridized carbons (Fsp3) is 0. The summed E-state index contributed by atoms with van der Waals surface area (Å²) in [6.45, 7) is 7.39. The second-order valence-electron chi connectivity index (χ2n) is 2.76. The largest absolute Gasteiger partial charge is 0.294 e. The van der Waals surface area contributed by atoms with E-state index in [2.05, 4.69) is 24.2 Å². The molecule has 1 aromatic carbocycles. The lowest BCUT2D eigenvalue weighted by molar-refractivity contribution is 0.858. The molecule has 0 saturated heterocycles. The molecule has 2 rings (SSSR count). The van der Waals surface area contributed by atoms with Crippen LogP contribution in [-0.2, 0) is 0 Å². The number of hydrogen-bond donors (Lipinski definition) is 0. The molecule has 2 nitrogen and oxygen atoms in total. The van der Waals surface area contributed by atoms with Gasteiger partial charge in [-0.15, -0.1) is 11.3 Å². The maximum absolute atomic E-state index is 4.49. The smallest absolute Gasteiger partial charge is 0.172 e. The second-order valence-corrected chi connectivity index (χ2v) is 5.04. The quantitative estimate of drug-likeness (QED) is 0.747. The highest BCUT2D eigenvalue weighted by atomic mass is 32.2. The minimum Gasteiger partial charge on any atom is -0.294 e. The highest BCUT2D eigenvalue weighted by Gasteiger charge is 2.05. The Labute approximate surface area is 97.1 Å². The average molecular weight is 234 g/mol. The molecule has 0 unspecified atom stereocenters. The Bertz CT molecular complexity index is 449. The van der Waals surface area contributed by atoms with Crippen molar-refractivity contribution in [3.05, 3.63) is 49.8 Å². The van der Waals surface area contributed by atoms with E-state index in [4.69, 9.17) is 0 Å². The summed E-state index contributed by atoms with van der Waals surface area (Å²) in [6.07, 6.45) is 3.42. The highest BCUT2D eigenvalue weighted by Crippen LogP contribution is 2.31. The predicted octanol–water partition coefficient (Wildman–Crippen LogP) is 3.89. The lowest BCUT2D eigenvalue weighted by Gasteiger charge is -2.08. The van der Waals surface area contributed by atoms with Gasteiger partial charge in [-0.25, -0.2) is 4.98 Å². The fourth-order valence-corrected chi connectivity index (χ4v) is 2.97. The van der Waals surface area contributed by atoms with Crippen molar-refractivity contribution in [1.29, 1.82) is 0 Å². The summed E-state index contributed by atoms with van der Waals surface area (Å²) in [7, 11) is 0. The van der Waals surface area contributed by atoms with Crippen LogP contribution in [0.25, 0.3) is 10.2 Å². The summed E-state index contributed by atoms with van der Waals surface area (Å²) < 4.78 is 4.03. The van der Waals surface area contributed by atoms with E-state index in [1.807, 2.05) is 22.5 Å². The van der Waals surface area contributed by atoms with Crippen LogP contribution in [0, 0.1) is 0 Å². The van der Waals surface area contributed by atoms with Crippen molar-refractivity contribution in [3.8, 4) is 0 Å². The number of hydrogen-bond acceptors (Lipinski definition) is 4. The minimum absolute atomic E-state index is 0.996. The zero-order chi connectivity index (χ0) is 10.7. The molecule has 2 aromatic rings. The zero-order valence-corrected chi connectivity index (χ0v) is 9.72. The molecule has 0 aliphatic heterocycles. The van der Waals surface area contributed by atoms with E-state index >= 15 is 0 Å². The van der Waals surface area contributed by atoms with Gasteiger partial charge in [0.05, 0.1) is 10.2 Å². The third kappa shape index (κ3) is 2.22. The molecule has 0 fully saturated rings. The van der Waals surface area contributed by atoms with Gasteiger partial charge in [0.2, 0.25) is 0 Å². The van der Waals surface area contributed by atoms with Crippen LogP contribution in [0.1, 0.15) is 0 Å². The van der Waals surface area contributed by atoms with E-state index in [-0.39, 0.29) is 0 Å². The van der Waals surface area contributed by atoms with Gasteiger partial charge in [0, 0.05) is 24.3 Å². The molecular formula is C11H10N2S2. The molecule has 0 aliphatic carbocycles. The van der Waals surface area contributed by atoms with Crippen molar-refractivity contribution < 1.29 is 0 Å². The van der Waals surface area contributed by atoms with Crippen LogP contribution in [-0.4, -0.2) is 9.29 Å². The van der Waals surface area contributed by atoms with Gasteiger partial charge in [-0.3, -0.25) is 4.31 Å². The Balaban J connectivity index is 2.28. The first-order valence-corrected chi connectivity index (χ1v) is 5.99. The highest BCUT2D eigenvalue weighted by molar-refractivity contribution is 7.99. The number of para-hydroxylation sites is 1. The molecule has 76 valence electrons. The summed E-state index contributed by atoms with van der Waals surface area (Å²) in [5, 5.41) is 0. The minimum atomic E-state index is 0.996. The number of nitrogens with zero attached hydrogens (tertiary/aromatic N) is 2. The van der Waals surface area contributed by atoms with Crippen molar-refractivity contribution in [2.45, 2.75) is 4.34 Å². The molecule has 0 saturated carbocycles. The van der Waals surface area contributed by atoms with Crippen molar-refractivity contribution in [1.82, 2.24) is 9.29 Å². The maximum Gasteiger partial charge on any atom is 0.172 e. The fourth-order valence-electron chi connectivity index (χ4n) is 1.13. The van der Waals surface area contributed by atoms with Crippen molar-refractivity contribution in [3.63, 3.8) is 0 Å². The molecule has 0 N–H and O–H groups in total. The van der Waals surface area contributed by atoms with Gasteiger partial charge in [-0.05, 0) is 12.1 Å². The summed E-state index contributed by atoms with van der Waals surface area (Å²) in [6, 6.07) is 8.11. The van der Waals surface area contributed by atoms with Gasteiger partial charge in [-0.2, -0.15) is 0 Å². The van der Waals surface area contributed by atoms with Crippen LogP contribution in [0.5, 0.6) is 0 Å². The van der Waals surface area contributed by atoms with Crippen LogP contribution >= 0.6 is 23.3 Å². The molecule has 0 bridgehead atoms. The van der Waals surface area contributed by atoms with E-state index in [9.17, 15) is 0 Å². The Hall–Kier alpha value is -1.26. The first-order chi connectivity index (χ1) is 7.33. The molecule has 0 radical (unpaired) electrons. The van der Waals surface area contributed by atoms with Gasteiger partial charge in [0.1, 0.15) is 0 Å². The number of thiazole rings is 1. The van der Waals surface area contributed by atoms with E-state index in [0.29, 0.717) is 0 Å². The van der Waals surface area contributed by atoms with Crippen molar-refractivity contribution in [2.75, 3.05) is 0 Å². The Morgan fingerprint density at radius 3 is 2.67 bits per heavy atom. The Morgan fingerprint density at radius 1 is 1.27 bits per heavy atom. The molecule has 15 heavy (non-hydrogen) atoms. The van der Waals surface area contributed by atoms with Gasteiger partial charge in [0.15, 0.2) is 4.34 Å². The van der Waals surface area contributed by atoms with Gasteiger partial charge >= 0.3 is 0 Å². The predicted molar refractivity (Wildman–Crippen MR) is 67.7 cm³/mol. The van der Waals surface area contributed by atoms with Crippen LogP contribution in [0.4, 0.5) is 0 Å². The van der Waals surface area contributed by atoms with Crippen LogP contribution in [0.2, 0.25) is 0 Å². The van der Waals surface area contributed by atoms with Gasteiger partial charge in [-0.1, -0.05) is 25.3 Å². The third-order valence-electron chi connectivity index (χ3n) is 1.82. The Kier molecular flexibility index (Phi) is 3.08. The third-order valence-corrected chi connectivity index (χ3v) is 3.88. The molecule has 1 heterocycles. The van der Waals surface area contributed by atoms with Crippen LogP contribution in [0.15, 0.2) is 54.2 Å². The van der Waals surface area contributed by atoms with E-state index in [1.54, 1.807) is 23.7 Å². The van der Waals surface area contributed by atoms with E-state index in [0.717, 1.165) is 9.86 Å². The van der Waals surface area contributed by atoms with E-state index in [1.165, 1.54) is 16.6 Å². The average Bonchev–Trinajstić information content (AvgIpc) is 2.68. The molecule has 0 spiro atoms. The van der Waals surface area contributed by atoms with Crippen molar-refractivity contribution in [2.24, 2.45) is 0 Å². The lowest BCUT2D eigenvalue weighted by atomic mass is 10.3.